The maximum atomic E-state index is 12.4. The van der Waals surface area contributed by atoms with Gasteiger partial charge < -0.3 is 0 Å². The molecular formula is C7H5F2NO2. The lowest BCUT2D eigenvalue weighted by Gasteiger charge is -1.95. The molecule has 1 aromatic carbocycles. The largest absolute Gasteiger partial charge is 0.264 e. The summed E-state index contributed by atoms with van der Waals surface area (Å²) in [6.07, 6.45) is 0. The van der Waals surface area contributed by atoms with Crippen LogP contribution < -0.4 is 0 Å². The summed E-state index contributed by atoms with van der Waals surface area (Å²) in [6, 6.07) is 2.54. The molecule has 0 radical (unpaired) electrons. The van der Waals surface area contributed by atoms with E-state index < -0.39 is 23.1 Å². The van der Waals surface area contributed by atoms with Crippen molar-refractivity contribution in [2.45, 2.75) is 6.54 Å². The summed E-state index contributed by atoms with van der Waals surface area (Å²) in [5, 5.41) is 9.95. The van der Waals surface area contributed by atoms with Crippen molar-refractivity contribution in [2.24, 2.45) is 0 Å². The first-order chi connectivity index (χ1) is 5.58. The molecule has 0 aliphatic heterocycles. The zero-order valence-electron chi connectivity index (χ0n) is 5.96. The third kappa shape index (κ3) is 2.26. The minimum absolute atomic E-state index is 0.0255. The second-order valence-corrected chi connectivity index (χ2v) is 2.27. The minimum atomic E-state index is -0.799. The molecule has 12 heavy (non-hydrogen) atoms. The second kappa shape index (κ2) is 3.25. The van der Waals surface area contributed by atoms with E-state index in [-0.39, 0.29) is 5.56 Å². The molecule has 0 spiro atoms. The van der Waals surface area contributed by atoms with Crippen LogP contribution in [0.25, 0.3) is 0 Å². The third-order valence-corrected chi connectivity index (χ3v) is 1.23. The SMILES string of the molecule is O=[N+]([O-])Cc1cc(F)cc(F)c1. The zero-order valence-corrected chi connectivity index (χ0v) is 5.96. The van der Waals surface area contributed by atoms with E-state index in [1.54, 1.807) is 0 Å². The summed E-state index contributed by atoms with van der Waals surface area (Å²) in [6.45, 7) is -0.561. The Bertz CT molecular complexity index is 294. The van der Waals surface area contributed by atoms with Crippen LogP contribution in [0.3, 0.4) is 0 Å². The molecule has 5 heteroatoms. The maximum absolute atomic E-state index is 12.4. The highest BCUT2D eigenvalue weighted by molar-refractivity contribution is 5.16. The van der Waals surface area contributed by atoms with Gasteiger partial charge in [0.2, 0.25) is 6.54 Å². The Hall–Kier alpha value is -1.52. The van der Waals surface area contributed by atoms with Gasteiger partial charge in [-0.25, -0.2) is 8.78 Å². The van der Waals surface area contributed by atoms with Gasteiger partial charge in [0.1, 0.15) is 11.6 Å². The average molecular weight is 173 g/mol. The summed E-state index contributed by atoms with van der Waals surface area (Å²) in [5.41, 5.74) is 0.0255. The van der Waals surface area contributed by atoms with Crippen LogP contribution in [0.15, 0.2) is 18.2 Å². The average Bonchev–Trinajstić information content (AvgIpc) is 1.81. The van der Waals surface area contributed by atoms with Crippen LogP contribution in [0.2, 0.25) is 0 Å². The Kier molecular flexibility index (Phi) is 2.32. The molecule has 0 aliphatic carbocycles. The highest BCUT2D eigenvalue weighted by atomic mass is 19.1. The fraction of sp³-hybridized carbons (Fsp3) is 0.143. The predicted molar refractivity (Wildman–Crippen MR) is 37.1 cm³/mol. The van der Waals surface area contributed by atoms with Gasteiger partial charge in [-0.1, -0.05) is 0 Å². The van der Waals surface area contributed by atoms with E-state index in [2.05, 4.69) is 0 Å². The number of nitro groups is 1. The van der Waals surface area contributed by atoms with Gasteiger partial charge in [-0.05, 0) is 12.1 Å². The molecule has 0 fully saturated rings. The number of nitrogens with zero attached hydrogens (tertiary/aromatic N) is 1. The summed E-state index contributed by atoms with van der Waals surface area (Å²) in [7, 11) is 0. The molecule has 0 saturated carbocycles. The first-order valence-electron chi connectivity index (χ1n) is 3.14. The fourth-order valence-electron chi connectivity index (χ4n) is 0.851. The van der Waals surface area contributed by atoms with Crippen molar-refractivity contribution in [3.8, 4) is 0 Å². The molecule has 64 valence electrons. The molecule has 0 unspecified atom stereocenters. The number of hydrogen-bond donors (Lipinski definition) is 0. The lowest BCUT2D eigenvalue weighted by molar-refractivity contribution is -0.496. The highest BCUT2D eigenvalue weighted by Gasteiger charge is 2.05. The van der Waals surface area contributed by atoms with Gasteiger partial charge in [-0.15, -0.1) is 0 Å². The molecule has 0 atom stereocenters. The topological polar surface area (TPSA) is 43.1 Å². The first kappa shape index (κ1) is 8.58. The van der Waals surface area contributed by atoms with E-state index >= 15 is 0 Å². The molecule has 1 aromatic rings. The smallest absolute Gasteiger partial charge is 0.229 e. The van der Waals surface area contributed by atoms with Gasteiger partial charge in [-0.2, -0.15) is 0 Å². The molecular weight excluding hydrogens is 168 g/mol. The lowest BCUT2D eigenvalue weighted by atomic mass is 10.2. The van der Waals surface area contributed by atoms with E-state index in [0.717, 1.165) is 12.1 Å². The number of benzene rings is 1. The van der Waals surface area contributed by atoms with Crippen molar-refractivity contribution in [1.29, 1.82) is 0 Å². The molecule has 1 rings (SSSR count). The van der Waals surface area contributed by atoms with Gasteiger partial charge in [0.05, 0.1) is 0 Å². The summed E-state index contributed by atoms with van der Waals surface area (Å²) in [5.74, 6) is -1.60. The van der Waals surface area contributed by atoms with Crippen LogP contribution in [-0.2, 0) is 6.54 Å². The zero-order chi connectivity index (χ0) is 9.14. The maximum Gasteiger partial charge on any atom is 0.229 e. The third-order valence-electron chi connectivity index (χ3n) is 1.23. The van der Waals surface area contributed by atoms with Crippen molar-refractivity contribution >= 4 is 0 Å². The molecule has 0 amide bonds. The second-order valence-electron chi connectivity index (χ2n) is 2.27. The summed E-state index contributed by atoms with van der Waals surface area (Å²) >= 11 is 0. The van der Waals surface area contributed by atoms with Crippen LogP contribution >= 0.6 is 0 Å². The number of halogens is 2. The van der Waals surface area contributed by atoms with Crippen molar-refractivity contribution in [1.82, 2.24) is 0 Å². The van der Waals surface area contributed by atoms with Gasteiger partial charge in [0.15, 0.2) is 0 Å². The Morgan fingerprint density at radius 1 is 1.25 bits per heavy atom. The molecule has 0 N–H and O–H groups in total. The Morgan fingerprint density at radius 2 is 1.75 bits per heavy atom. The first-order valence-corrected chi connectivity index (χ1v) is 3.14. The molecule has 0 heterocycles. The van der Waals surface area contributed by atoms with E-state index in [1.165, 1.54) is 0 Å². The molecule has 0 saturated heterocycles. The van der Waals surface area contributed by atoms with Gasteiger partial charge >= 0.3 is 0 Å². The van der Waals surface area contributed by atoms with Crippen molar-refractivity contribution in [2.75, 3.05) is 0 Å². The van der Waals surface area contributed by atoms with Crippen LogP contribution in [-0.4, -0.2) is 4.92 Å². The normalized spacial score (nSPS) is 9.83. The Labute approximate surface area is 66.8 Å². The van der Waals surface area contributed by atoms with Crippen molar-refractivity contribution in [3.63, 3.8) is 0 Å². The van der Waals surface area contributed by atoms with Crippen LogP contribution in [0.5, 0.6) is 0 Å². The molecule has 0 aromatic heterocycles. The monoisotopic (exact) mass is 173 g/mol. The Morgan fingerprint density at radius 3 is 2.17 bits per heavy atom. The van der Waals surface area contributed by atoms with E-state index in [4.69, 9.17) is 0 Å². The van der Waals surface area contributed by atoms with E-state index in [0.29, 0.717) is 6.07 Å². The van der Waals surface area contributed by atoms with E-state index in [1.807, 2.05) is 0 Å². The number of hydrogen-bond acceptors (Lipinski definition) is 2. The summed E-state index contributed by atoms with van der Waals surface area (Å²) in [4.78, 5) is 9.31. The van der Waals surface area contributed by atoms with Gasteiger partial charge in [0.25, 0.3) is 0 Å². The van der Waals surface area contributed by atoms with Crippen molar-refractivity contribution < 1.29 is 13.7 Å². The van der Waals surface area contributed by atoms with Crippen LogP contribution in [0.1, 0.15) is 5.56 Å². The number of rotatable bonds is 2. The predicted octanol–water partition coefficient (Wildman–Crippen LogP) is 1.74. The Balaban J connectivity index is 2.93. The van der Waals surface area contributed by atoms with Gasteiger partial charge in [-0.3, -0.25) is 10.1 Å². The molecule has 0 aliphatic rings. The van der Waals surface area contributed by atoms with Gasteiger partial charge in [0, 0.05) is 16.6 Å². The van der Waals surface area contributed by atoms with Crippen LogP contribution in [0.4, 0.5) is 8.78 Å². The van der Waals surface area contributed by atoms with Crippen molar-refractivity contribution in [3.05, 3.63) is 45.5 Å². The highest BCUT2D eigenvalue weighted by Crippen LogP contribution is 2.08. The minimum Gasteiger partial charge on any atom is -0.264 e. The van der Waals surface area contributed by atoms with Crippen LogP contribution in [0, 0.1) is 21.7 Å². The quantitative estimate of drug-likeness (QED) is 0.505. The molecule has 0 bridgehead atoms. The molecule has 3 nitrogen and oxygen atoms in total. The fourth-order valence-corrected chi connectivity index (χ4v) is 0.851. The summed E-state index contributed by atoms with van der Waals surface area (Å²) < 4.78 is 24.8. The van der Waals surface area contributed by atoms with E-state index in [9.17, 15) is 18.9 Å². The standard InChI is InChI=1S/C7H5F2NO2/c8-6-1-5(4-10(11)12)2-7(9)3-6/h1-3H,4H2. The lowest BCUT2D eigenvalue weighted by Crippen LogP contribution is -1.99.